The fraction of sp³-hybridized carbons (Fsp3) is 0.500. The second kappa shape index (κ2) is 6.88. The van der Waals surface area contributed by atoms with Crippen molar-refractivity contribution in [3.8, 4) is 0 Å². The smallest absolute Gasteiger partial charge is 0.376 e. The fourth-order valence-electron chi connectivity index (χ4n) is 1.62. The Morgan fingerprint density at radius 2 is 1.76 bits per heavy atom. The zero-order valence-corrected chi connectivity index (χ0v) is 11.7. The maximum Gasteiger partial charge on any atom is 0.518 e. The van der Waals surface area contributed by atoms with Gasteiger partial charge in [-0.15, -0.1) is 0 Å². The maximum atomic E-state index is 6.02. The van der Waals surface area contributed by atoms with Crippen LogP contribution in [0.25, 0.3) is 0 Å². The van der Waals surface area contributed by atoms with Gasteiger partial charge in [-0.1, -0.05) is 37.3 Å². The molecule has 17 heavy (non-hydrogen) atoms. The zero-order chi connectivity index (χ0) is 12.7. The van der Waals surface area contributed by atoms with Crippen molar-refractivity contribution >= 4 is 8.80 Å². The molecule has 0 amide bonds. The van der Waals surface area contributed by atoms with Gasteiger partial charge in [0.2, 0.25) is 0 Å². The van der Waals surface area contributed by atoms with Crippen molar-refractivity contribution in [1.82, 2.24) is 0 Å². The zero-order valence-electron chi connectivity index (χ0n) is 10.7. The Labute approximate surface area is 104 Å². The molecule has 1 atom stereocenters. The SMILES string of the molecule is CCC(N)[Si](OC)(OC)OCc1ccccc1. The molecule has 0 heterocycles. The lowest BCUT2D eigenvalue weighted by Crippen LogP contribution is -2.58. The van der Waals surface area contributed by atoms with Crippen LogP contribution in [0.3, 0.4) is 0 Å². The summed E-state index contributed by atoms with van der Waals surface area (Å²) in [5.41, 5.74) is 6.92. The highest BCUT2D eigenvalue weighted by Gasteiger charge is 2.45. The summed E-state index contributed by atoms with van der Waals surface area (Å²) < 4.78 is 16.7. The molecule has 0 bridgehead atoms. The van der Waals surface area contributed by atoms with Crippen LogP contribution in [0.2, 0.25) is 0 Å². The van der Waals surface area contributed by atoms with Gasteiger partial charge in [0, 0.05) is 14.2 Å². The third-order valence-electron chi connectivity index (χ3n) is 2.75. The van der Waals surface area contributed by atoms with E-state index in [1.165, 1.54) is 0 Å². The minimum absolute atomic E-state index is 0.193. The molecule has 1 aromatic carbocycles. The predicted molar refractivity (Wildman–Crippen MR) is 69.3 cm³/mol. The lowest BCUT2D eigenvalue weighted by Gasteiger charge is -2.30. The highest BCUT2D eigenvalue weighted by Crippen LogP contribution is 2.16. The van der Waals surface area contributed by atoms with Crippen LogP contribution in [0.5, 0.6) is 0 Å². The summed E-state index contributed by atoms with van der Waals surface area (Å²) in [6.07, 6.45) is 0.767. The third kappa shape index (κ3) is 3.62. The largest absolute Gasteiger partial charge is 0.518 e. The molecule has 0 saturated heterocycles. The fourth-order valence-corrected chi connectivity index (χ4v) is 3.71. The predicted octanol–water partition coefficient (Wildman–Crippen LogP) is 1.71. The Balaban J connectivity index is 2.67. The minimum Gasteiger partial charge on any atom is -0.376 e. The molecule has 0 spiro atoms. The Morgan fingerprint density at radius 3 is 2.24 bits per heavy atom. The standard InChI is InChI=1S/C12H21NO3Si/c1-4-12(13)17(14-2,15-3)16-10-11-8-6-5-7-9-11/h5-9,12H,4,10,13H2,1-3H3. The first kappa shape index (κ1) is 14.3. The molecule has 0 saturated carbocycles. The van der Waals surface area contributed by atoms with E-state index >= 15 is 0 Å². The number of hydrogen-bond acceptors (Lipinski definition) is 4. The molecule has 1 unspecified atom stereocenters. The summed E-state index contributed by atoms with van der Waals surface area (Å²) in [6, 6.07) is 9.92. The molecule has 0 fully saturated rings. The summed E-state index contributed by atoms with van der Waals surface area (Å²) in [5.74, 6) is 0. The average Bonchev–Trinajstić information content (AvgIpc) is 2.41. The Bertz CT molecular complexity index is 317. The Morgan fingerprint density at radius 1 is 1.18 bits per heavy atom. The summed E-state index contributed by atoms with van der Waals surface area (Å²) in [6.45, 7) is 2.46. The number of benzene rings is 1. The van der Waals surface area contributed by atoms with E-state index in [4.69, 9.17) is 19.0 Å². The van der Waals surface area contributed by atoms with Crippen LogP contribution in [0, 0.1) is 0 Å². The van der Waals surface area contributed by atoms with Crippen molar-refractivity contribution in [2.75, 3.05) is 14.2 Å². The van der Waals surface area contributed by atoms with E-state index in [-0.39, 0.29) is 5.67 Å². The molecule has 1 aromatic rings. The van der Waals surface area contributed by atoms with Gasteiger partial charge in [0.25, 0.3) is 0 Å². The van der Waals surface area contributed by atoms with Gasteiger partial charge in [0.15, 0.2) is 0 Å². The summed E-state index contributed by atoms with van der Waals surface area (Å²) in [7, 11) is 0.435. The second-order valence-corrected chi connectivity index (χ2v) is 6.85. The molecule has 0 aliphatic carbocycles. The summed E-state index contributed by atoms with van der Waals surface area (Å²) in [5, 5.41) is 0. The van der Waals surface area contributed by atoms with Crippen LogP contribution in [-0.2, 0) is 19.9 Å². The van der Waals surface area contributed by atoms with Crippen molar-refractivity contribution < 1.29 is 13.3 Å². The van der Waals surface area contributed by atoms with Gasteiger partial charge in [0.05, 0.1) is 12.3 Å². The molecule has 2 N–H and O–H groups in total. The molecule has 96 valence electrons. The van der Waals surface area contributed by atoms with Gasteiger partial charge in [-0.05, 0) is 12.0 Å². The summed E-state index contributed by atoms with van der Waals surface area (Å²) >= 11 is 0. The van der Waals surface area contributed by atoms with Crippen molar-refractivity contribution in [3.63, 3.8) is 0 Å². The molecule has 1 rings (SSSR count). The molecule has 0 aliphatic heterocycles. The van der Waals surface area contributed by atoms with E-state index in [1.54, 1.807) is 14.2 Å². The van der Waals surface area contributed by atoms with Crippen LogP contribution in [0.1, 0.15) is 18.9 Å². The van der Waals surface area contributed by atoms with Crippen molar-refractivity contribution in [3.05, 3.63) is 35.9 Å². The molecule has 4 nitrogen and oxygen atoms in total. The van der Waals surface area contributed by atoms with E-state index in [0.29, 0.717) is 6.61 Å². The van der Waals surface area contributed by atoms with Crippen molar-refractivity contribution in [2.45, 2.75) is 25.6 Å². The number of hydrogen-bond donors (Lipinski definition) is 1. The second-order valence-electron chi connectivity index (χ2n) is 3.80. The number of nitrogens with two attached hydrogens (primary N) is 1. The third-order valence-corrected chi connectivity index (χ3v) is 5.75. The molecule has 0 aliphatic rings. The average molecular weight is 255 g/mol. The maximum absolute atomic E-state index is 6.02. The van der Waals surface area contributed by atoms with Crippen LogP contribution in [-0.4, -0.2) is 28.7 Å². The van der Waals surface area contributed by atoms with Gasteiger partial charge < -0.3 is 19.0 Å². The molecular formula is C12H21NO3Si. The molecule has 0 radical (unpaired) electrons. The lowest BCUT2D eigenvalue weighted by molar-refractivity contribution is 0.0812. The van der Waals surface area contributed by atoms with E-state index in [1.807, 2.05) is 37.3 Å². The van der Waals surface area contributed by atoms with Gasteiger partial charge in [-0.2, -0.15) is 0 Å². The molecule has 5 heteroatoms. The first-order valence-electron chi connectivity index (χ1n) is 5.72. The van der Waals surface area contributed by atoms with E-state index in [9.17, 15) is 0 Å². The van der Waals surface area contributed by atoms with Crippen molar-refractivity contribution in [2.24, 2.45) is 5.73 Å². The van der Waals surface area contributed by atoms with E-state index in [2.05, 4.69) is 0 Å². The number of rotatable bonds is 7. The van der Waals surface area contributed by atoms with Gasteiger partial charge >= 0.3 is 8.80 Å². The van der Waals surface area contributed by atoms with Gasteiger partial charge in [-0.3, -0.25) is 0 Å². The van der Waals surface area contributed by atoms with Crippen molar-refractivity contribution in [1.29, 1.82) is 0 Å². The van der Waals surface area contributed by atoms with Gasteiger partial charge in [-0.25, -0.2) is 0 Å². The van der Waals surface area contributed by atoms with E-state index < -0.39 is 8.80 Å². The molecule has 0 aromatic heterocycles. The highest BCUT2D eigenvalue weighted by molar-refractivity contribution is 6.62. The minimum atomic E-state index is -2.75. The van der Waals surface area contributed by atoms with Crippen LogP contribution in [0.15, 0.2) is 30.3 Å². The van der Waals surface area contributed by atoms with Crippen LogP contribution < -0.4 is 5.73 Å². The lowest BCUT2D eigenvalue weighted by atomic mass is 10.2. The highest BCUT2D eigenvalue weighted by atomic mass is 28.4. The monoisotopic (exact) mass is 255 g/mol. The van der Waals surface area contributed by atoms with Gasteiger partial charge in [0.1, 0.15) is 0 Å². The quantitative estimate of drug-likeness (QED) is 0.754. The molecular weight excluding hydrogens is 234 g/mol. The van der Waals surface area contributed by atoms with Crippen LogP contribution in [0.4, 0.5) is 0 Å². The first-order chi connectivity index (χ1) is 8.18. The Kier molecular flexibility index (Phi) is 5.80. The van der Waals surface area contributed by atoms with E-state index in [0.717, 1.165) is 12.0 Å². The normalized spacial score (nSPS) is 13.6. The first-order valence-corrected chi connectivity index (χ1v) is 7.52. The Hall–Kier alpha value is -0.723. The topological polar surface area (TPSA) is 53.7 Å². The summed E-state index contributed by atoms with van der Waals surface area (Å²) in [4.78, 5) is 0. The van der Waals surface area contributed by atoms with Crippen LogP contribution >= 0.6 is 0 Å².